The molecule has 1 amide bonds. The van der Waals surface area contributed by atoms with E-state index in [0.29, 0.717) is 18.7 Å². The van der Waals surface area contributed by atoms with Crippen molar-refractivity contribution in [1.29, 1.82) is 0 Å². The highest BCUT2D eigenvalue weighted by molar-refractivity contribution is 5.83. The minimum absolute atomic E-state index is 0.0150. The number of hydrogen-bond donors (Lipinski definition) is 2. The smallest absolute Gasteiger partial charge is 0.239 e. The summed E-state index contributed by atoms with van der Waals surface area (Å²) in [6, 6.07) is 2.98. The summed E-state index contributed by atoms with van der Waals surface area (Å²) in [5, 5.41) is 2.77. The summed E-state index contributed by atoms with van der Waals surface area (Å²) >= 11 is 0. The maximum absolute atomic E-state index is 13.6. The van der Waals surface area contributed by atoms with Crippen molar-refractivity contribution in [2.45, 2.75) is 19.9 Å². The van der Waals surface area contributed by atoms with Crippen molar-refractivity contribution in [3.63, 3.8) is 0 Å². The molecule has 18 heavy (non-hydrogen) atoms. The Morgan fingerprint density at radius 2 is 2.22 bits per heavy atom. The zero-order valence-corrected chi connectivity index (χ0v) is 10.7. The standard InChI is InChI=1S/C13H18FN3O/c1-8-5-12(10(9(2)15)6-11(8)14)17-4-3-16-13(18)7-17/h5-6,9H,3-4,7,15H2,1-2H3,(H,16,18). The van der Waals surface area contributed by atoms with E-state index in [9.17, 15) is 9.18 Å². The highest BCUT2D eigenvalue weighted by Crippen LogP contribution is 2.28. The fourth-order valence-electron chi connectivity index (χ4n) is 2.16. The molecule has 1 saturated heterocycles. The van der Waals surface area contributed by atoms with Crippen molar-refractivity contribution < 1.29 is 9.18 Å². The van der Waals surface area contributed by atoms with Crippen molar-refractivity contribution in [3.8, 4) is 0 Å². The first-order valence-corrected chi connectivity index (χ1v) is 6.06. The Morgan fingerprint density at radius 3 is 2.83 bits per heavy atom. The van der Waals surface area contributed by atoms with E-state index in [-0.39, 0.29) is 17.8 Å². The van der Waals surface area contributed by atoms with Crippen molar-refractivity contribution in [3.05, 3.63) is 29.1 Å². The van der Waals surface area contributed by atoms with E-state index >= 15 is 0 Å². The lowest BCUT2D eigenvalue weighted by atomic mass is 10.0. The molecule has 0 aromatic heterocycles. The van der Waals surface area contributed by atoms with Crippen molar-refractivity contribution in [2.75, 3.05) is 24.5 Å². The molecule has 1 heterocycles. The minimum atomic E-state index is -0.264. The van der Waals surface area contributed by atoms with Crippen LogP contribution in [0, 0.1) is 12.7 Å². The second kappa shape index (κ2) is 4.94. The second-order valence-corrected chi connectivity index (χ2v) is 4.72. The summed E-state index contributed by atoms with van der Waals surface area (Å²) in [5.41, 5.74) is 8.05. The minimum Gasteiger partial charge on any atom is -0.360 e. The van der Waals surface area contributed by atoms with E-state index in [1.807, 2.05) is 11.8 Å². The van der Waals surface area contributed by atoms with Gasteiger partial charge >= 0.3 is 0 Å². The molecule has 98 valence electrons. The number of benzene rings is 1. The Balaban J connectivity index is 2.41. The molecule has 0 radical (unpaired) electrons. The number of aryl methyl sites for hydroxylation is 1. The van der Waals surface area contributed by atoms with Gasteiger partial charge in [-0.2, -0.15) is 0 Å². The zero-order valence-electron chi connectivity index (χ0n) is 10.7. The molecule has 5 heteroatoms. The summed E-state index contributed by atoms with van der Waals surface area (Å²) in [6.07, 6.45) is 0. The molecule has 1 aromatic carbocycles. The summed E-state index contributed by atoms with van der Waals surface area (Å²) in [7, 11) is 0. The van der Waals surface area contributed by atoms with Gasteiger partial charge in [-0.15, -0.1) is 0 Å². The molecule has 0 spiro atoms. The average molecular weight is 251 g/mol. The lowest BCUT2D eigenvalue weighted by Crippen LogP contribution is -2.48. The van der Waals surface area contributed by atoms with Crippen LogP contribution in [0.1, 0.15) is 24.1 Å². The highest BCUT2D eigenvalue weighted by Gasteiger charge is 2.21. The van der Waals surface area contributed by atoms with Gasteiger partial charge in [0.05, 0.1) is 6.54 Å². The summed E-state index contributed by atoms with van der Waals surface area (Å²) in [4.78, 5) is 13.4. The number of anilines is 1. The second-order valence-electron chi connectivity index (χ2n) is 4.72. The molecule has 4 nitrogen and oxygen atoms in total. The van der Waals surface area contributed by atoms with Gasteiger partial charge < -0.3 is 16.0 Å². The molecule has 1 aromatic rings. The molecule has 2 rings (SSSR count). The third-order valence-corrected chi connectivity index (χ3v) is 3.18. The third-order valence-electron chi connectivity index (χ3n) is 3.18. The largest absolute Gasteiger partial charge is 0.360 e. The average Bonchev–Trinajstić information content (AvgIpc) is 2.31. The molecular formula is C13H18FN3O. The number of rotatable bonds is 2. The molecule has 3 N–H and O–H groups in total. The van der Waals surface area contributed by atoms with Gasteiger partial charge in [0.2, 0.25) is 5.91 Å². The number of hydrogen-bond acceptors (Lipinski definition) is 3. The van der Waals surface area contributed by atoms with E-state index in [0.717, 1.165) is 17.8 Å². The van der Waals surface area contributed by atoms with Crippen LogP contribution in [0.25, 0.3) is 0 Å². The Kier molecular flexibility index (Phi) is 3.52. The molecule has 0 saturated carbocycles. The SMILES string of the molecule is Cc1cc(N2CCNC(=O)C2)c(C(C)N)cc1F. The molecule has 1 unspecified atom stereocenters. The van der Waals surface area contributed by atoms with Gasteiger partial charge in [0.25, 0.3) is 0 Å². The predicted molar refractivity (Wildman–Crippen MR) is 69.0 cm³/mol. The predicted octanol–water partition coefficient (Wildman–Crippen LogP) is 1.09. The molecule has 1 aliphatic rings. The van der Waals surface area contributed by atoms with E-state index in [2.05, 4.69) is 5.32 Å². The fourth-order valence-corrected chi connectivity index (χ4v) is 2.16. The number of carbonyl (C=O) groups excluding carboxylic acids is 1. The van der Waals surface area contributed by atoms with Crippen LogP contribution < -0.4 is 16.0 Å². The number of nitrogens with zero attached hydrogens (tertiary/aromatic N) is 1. The topological polar surface area (TPSA) is 58.4 Å². The van der Waals surface area contributed by atoms with Crippen LogP contribution in [0.5, 0.6) is 0 Å². The monoisotopic (exact) mass is 251 g/mol. The molecule has 1 aliphatic heterocycles. The van der Waals surface area contributed by atoms with E-state index in [4.69, 9.17) is 5.73 Å². The van der Waals surface area contributed by atoms with Crippen LogP contribution >= 0.6 is 0 Å². The van der Waals surface area contributed by atoms with Crippen molar-refractivity contribution in [2.24, 2.45) is 5.73 Å². The quantitative estimate of drug-likeness (QED) is 0.827. The highest BCUT2D eigenvalue weighted by atomic mass is 19.1. The molecule has 1 atom stereocenters. The summed E-state index contributed by atoms with van der Waals surface area (Å²) < 4.78 is 13.6. The van der Waals surface area contributed by atoms with E-state index in [1.165, 1.54) is 6.07 Å². The molecule has 0 bridgehead atoms. The normalized spacial score (nSPS) is 17.6. The fraction of sp³-hybridized carbons (Fsp3) is 0.462. The first kappa shape index (κ1) is 12.8. The maximum Gasteiger partial charge on any atom is 0.239 e. The van der Waals surface area contributed by atoms with E-state index in [1.54, 1.807) is 13.0 Å². The van der Waals surface area contributed by atoms with Gasteiger partial charge in [-0.1, -0.05) is 0 Å². The Morgan fingerprint density at radius 1 is 1.50 bits per heavy atom. The molecular weight excluding hydrogens is 233 g/mol. The Hall–Kier alpha value is -1.62. The Labute approximate surface area is 106 Å². The lowest BCUT2D eigenvalue weighted by molar-refractivity contribution is -0.120. The summed E-state index contributed by atoms with van der Waals surface area (Å²) in [6.45, 7) is 5.15. The van der Waals surface area contributed by atoms with Crippen molar-refractivity contribution in [1.82, 2.24) is 5.32 Å². The van der Waals surface area contributed by atoms with Crippen LogP contribution in [0.15, 0.2) is 12.1 Å². The molecule has 0 aliphatic carbocycles. The van der Waals surface area contributed by atoms with E-state index < -0.39 is 0 Å². The van der Waals surface area contributed by atoms with Crippen LogP contribution in [0.2, 0.25) is 0 Å². The van der Waals surface area contributed by atoms with Gasteiger partial charge in [0, 0.05) is 24.8 Å². The summed E-state index contributed by atoms with van der Waals surface area (Å²) in [5.74, 6) is -0.272. The van der Waals surface area contributed by atoms with Crippen LogP contribution in [0.3, 0.4) is 0 Å². The maximum atomic E-state index is 13.6. The number of halogens is 1. The first-order chi connectivity index (χ1) is 8.49. The van der Waals surface area contributed by atoms with Gasteiger partial charge in [-0.25, -0.2) is 4.39 Å². The van der Waals surface area contributed by atoms with Crippen LogP contribution in [-0.4, -0.2) is 25.5 Å². The van der Waals surface area contributed by atoms with Gasteiger partial charge in [0.1, 0.15) is 5.82 Å². The number of nitrogens with one attached hydrogen (secondary N) is 1. The van der Waals surface area contributed by atoms with Crippen molar-refractivity contribution >= 4 is 11.6 Å². The van der Waals surface area contributed by atoms with Gasteiger partial charge in [0.15, 0.2) is 0 Å². The molecule has 1 fully saturated rings. The first-order valence-electron chi connectivity index (χ1n) is 6.06. The Bertz CT molecular complexity index is 474. The number of piperazine rings is 1. The number of nitrogens with two attached hydrogens (primary N) is 1. The number of amides is 1. The zero-order chi connectivity index (χ0) is 13.3. The third kappa shape index (κ3) is 2.46. The van der Waals surface area contributed by atoms with Gasteiger partial charge in [-0.05, 0) is 37.1 Å². The van der Waals surface area contributed by atoms with Crippen LogP contribution in [0.4, 0.5) is 10.1 Å². The number of carbonyl (C=O) groups is 1. The van der Waals surface area contributed by atoms with Crippen LogP contribution in [-0.2, 0) is 4.79 Å². The lowest BCUT2D eigenvalue weighted by Gasteiger charge is -2.31. The van der Waals surface area contributed by atoms with Gasteiger partial charge in [-0.3, -0.25) is 4.79 Å².